The maximum absolute atomic E-state index is 5.51. The summed E-state index contributed by atoms with van der Waals surface area (Å²) in [4.78, 5) is 0. The number of benzene rings is 1. The Morgan fingerprint density at radius 2 is 2.11 bits per heavy atom. The smallest absolute Gasteiger partial charge is 0.161 e. The maximum atomic E-state index is 5.51. The van der Waals surface area contributed by atoms with Gasteiger partial charge in [-0.1, -0.05) is 13.0 Å². The zero-order valence-electron chi connectivity index (χ0n) is 12.0. The largest absolute Gasteiger partial charge is 0.493 e. The number of nitrogens with one attached hydrogen (secondary N) is 1. The molecule has 2 rings (SSSR count). The van der Waals surface area contributed by atoms with E-state index in [2.05, 4.69) is 18.3 Å². The molecule has 1 aromatic rings. The summed E-state index contributed by atoms with van der Waals surface area (Å²) in [5, 5.41) is 3.47. The van der Waals surface area contributed by atoms with Crippen LogP contribution in [-0.2, 0) is 11.3 Å². The molecule has 0 bridgehead atoms. The topological polar surface area (TPSA) is 39.7 Å². The van der Waals surface area contributed by atoms with E-state index in [4.69, 9.17) is 14.2 Å². The molecule has 0 amide bonds. The van der Waals surface area contributed by atoms with Crippen LogP contribution in [0, 0.1) is 5.41 Å². The Morgan fingerprint density at radius 3 is 2.68 bits per heavy atom. The molecule has 0 unspecified atom stereocenters. The minimum atomic E-state index is 0.301. The summed E-state index contributed by atoms with van der Waals surface area (Å²) in [6.07, 6.45) is 0. The normalized spacial score (nSPS) is 16.8. The van der Waals surface area contributed by atoms with E-state index in [9.17, 15) is 0 Å². The lowest BCUT2D eigenvalue weighted by Gasteiger charge is -2.38. The molecule has 106 valence electrons. The summed E-state index contributed by atoms with van der Waals surface area (Å²) < 4.78 is 16.1. The summed E-state index contributed by atoms with van der Waals surface area (Å²) in [5.41, 5.74) is 1.50. The summed E-state index contributed by atoms with van der Waals surface area (Å²) in [5.74, 6) is 1.59. The van der Waals surface area contributed by atoms with Crippen LogP contribution in [0.4, 0.5) is 0 Å². The molecule has 1 saturated heterocycles. The second-order valence-electron chi connectivity index (χ2n) is 5.33. The van der Waals surface area contributed by atoms with Gasteiger partial charge in [0.15, 0.2) is 11.5 Å². The van der Waals surface area contributed by atoms with Gasteiger partial charge >= 0.3 is 0 Å². The summed E-state index contributed by atoms with van der Waals surface area (Å²) in [7, 11) is 1.67. The van der Waals surface area contributed by atoms with Crippen LogP contribution < -0.4 is 14.8 Å². The fourth-order valence-electron chi connectivity index (χ4n) is 2.16. The van der Waals surface area contributed by atoms with Crippen LogP contribution >= 0.6 is 0 Å². The average Bonchev–Trinajstić information content (AvgIpc) is 2.38. The van der Waals surface area contributed by atoms with Crippen LogP contribution in [0.1, 0.15) is 19.4 Å². The first-order valence-corrected chi connectivity index (χ1v) is 6.75. The van der Waals surface area contributed by atoms with Crippen molar-refractivity contribution < 1.29 is 14.2 Å². The Balaban J connectivity index is 1.89. The lowest BCUT2D eigenvalue weighted by atomic mass is 9.89. The Hall–Kier alpha value is -1.26. The minimum absolute atomic E-state index is 0.301. The fourth-order valence-corrected chi connectivity index (χ4v) is 2.16. The van der Waals surface area contributed by atoms with Crippen LogP contribution in [0.2, 0.25) is 0 Å². The molecule has 19 heavy (non-hydrogen) atoms. The summed E-state index contributed by atoms with van der Waals surface area (Å²) in [6.45, 7) is 8.37. The third-order valence-corrected chi connectivity index (χ3v) is 3.31. The molecule has 1 N–H and O–H groups in total. The fraction of sp³-hybridized carbons (Fsp3) is 0.600. The van der Waals surface area contributed by atoms with E-state index in [1.807, 2.05) is 19.1 Å². The molecule has 1 aromatic carbocycles. The van der Waals surface area contributed by atoms with Crippen LogP contribution in [0.15, 0.2) is 18.2 Å². The predicted octanol–water partition coefficient (Wildman–Crippen LogP) is 2.22. The number of methoxy groups -OCH3 is 1. The van der Waals surface area contributed by atoms with Gasteiger partial charge in [0.05, 0.1) is 26.9 Å². The van der Waals surface area contributed by atoms with Crippen molar-refractivity contribution in [1.29, 1.82) is 0 Å². The standard InChI is InChI=1S/C15H23NO3/c1-4-19-13-6-5-12(7-14(13)17-3)8-16-9-15(2)10-18-11-15/h5-7,16H,4,8-11H2,1-3H3. The highest BCUT2D eigenvalue weighted by Gasteiger charge is 2.32. The summed E-state index contributed by atoms with van der Waals surface area (Å²) in [6, 6.07) is 6.06. The average molecular weight is 265 g/mol. The monoisotopic (exact) mass is 265 g/mol. The molecule has 1 aliphatic rings. The zero-order chi connectivity index (χ0) is 13.7. The van der Waals surface area contributed by atoms with Crippen molar-refractivity contribution in [3.05, 3.63) is 23.8 Å². The molecule has 0 radical (unpaired) electrons. The van der Waals surface area contributed by atoms with E-state index in [-0.39, 0.29) is 0 Å². The van der Waals surface area contributed by atoms with Gasteiger partial charge in [0.2, 0.25) is 0 Å². The third kappa shape index (κ3) is 3.61. The van der Waals surface area contributed by atoms with Gasteiger partial charge in [-0.05, 0) is 24.6 Å². The highest BCUT2D eigenvalue weighted by atomic mass is 16.5. The molecular weight excluding hydrogens is 242 g/mol. The van der Waals surface area contributed by atoms with Gasteiger partial charge < -0.3 is 19.5 Å². The Bertz CT molecular complexity index is 416. The number of hydrogen-bond donors (Lipinski definition) is 1. The third-order valence-electron chi connectivity index (χ3n) is 3.31. The highest BCUT2D eigenvalue weighted by molar-refractivity contribution is 5.42. The number of hydrogen-bond acceptors (Lipinski definition) is 4. The van der Waals surface area contributed by atoms with Crippen molar-refractivity contribution in [2.45, 2.75) is 20.4 Å². The zero-order valence-corrected chi connectivity index (χ0v) is 12.0. The first-order chi connectivity index (χ1) is 9.17. The van der Waals surface area contributed by atoms with E-state index < -0.39 is 0 Å². The Morgan fingerprint density at radius 1 is 1.32 bits per heavy atom. The van der Waals surface area contributed by atoms with E-state index in [0.29, 0.717) is 12.0 Å². The van der Waals surface area contributed by atoms with Crippen LogP contribution in [0.5, 0.6) is 11.5 Å². The van der Waals surface area contributed by atoms with E-state index in [0.717, 1.165) is 37.8 Å². The van der Waals surface area contributed by atoms with Gasteiger partial charge in [-0.3, -0.25) is 0 Å². The van der Waals surface area contributed by atoms with Crippen molar-refractivity contribution in [1.82, 2.24) is 5.32 Å². The van der Waals surface area contributed by atoms with Crippen molar-refractivity contribution in [2.75, 3.05) is 33.5 Å². The van der Waals surface area contributed by atoms with Crippen molar-refractivity contribution in [2.24, 2.45) is 5.41 Å². The maximum Gasteiger partial charge on any atom is 0.161 e. The van der Waals surface area contributed by atoms with Crippen molar-refractivity contribution in [3.8, 4) is 11.5 Å². The van der Waals surface area contributed by atoms with Gasteiger partial charge in [-0.15, -0.1) is 0 Å². The SMILES string of the molecule is CCOc1ccc(CNCC2(C)COC2)cc1OC. The molecule has 0 atom stereocenters. The Kier molecular flexibility index (Phi) is 4.66. The first-order valence-electron chi connectivity index (χ1n) is 6.75. The van der Waals surface area contributed by atoms with Gasteiger partial charge in [0.25, 0.3) is 0 Å². The molecule has 1 fully saturated rings. The molecule has 4 heteroatoms. The summed E-state index contributed by atoms with van der Waals surface area (Å²) >= 11 is 0. The van der Waals surface area contributed by atoms with E-state index >= 15 is 0 Å². The molecule has 1 heterocycles. The number of rotatable bonds is 7. The van der Waals surface area contributed by atoms with Crippen LogP contribution in [-0.4, -0.2) is 33.5 Å². The van der Waals surface area contributed by atoms with Crippen LogP contribution in [0.3, 0.4) is 0 Å². The van der Waals surface area contributed by atoms with Crippen LogP contribution in [0.25, 0.3) is 0 Å². The quantitative estimate of drug-likeness (QED) is 0.820. The van der Waals surface area contributed by atoms with Gasteiger partial charge in [-0.25, -0.2) is 0 Å². The van der Waals surface area contributed by atoms with E-state index in [1.165, 1.54) is 5.56 Å². The van der Waals surface area contributed by atoms with Gasteiger partial charge in [0, 0.05) is 18.5 Å². The lowest BCUT2D eigenvalue weighted by molar-refractivity contribution is -0.0991. The lowest BCUT2D eigenvalue weighted by Crippen LogP contribution is -2.47. The molecule has 0 spiro atoms. The second kappa shape index (κ2) is 6.26. The highest BCUT2D eigenvalue weighted by Crippen LogP contribution is 2.28. The molecule has 0 aliphatic carbocycles. The van der Waals surface area contributed by atoms with E-state index in [1.54, 1.807) is 7.11 Å². The van der Waals surface area contributed by atoms with Crippen molar-refractivity contribution >= 4 is 0 Å². The molecule has 1 aliphatic heterocycles. The Labute approximate surface area is 115 Å². The molecule has 0 aromatic heterocycles. The van der Waals surface area contributed by atoms with Gasteiger partial charge in [0.1, 0.15) is 0 Å². The van der Waals surface area contributed by atoms with Gasteiger partial charge in [-0.2, -0.15) is 0 Å². The predicted molar refractivity (Wildman–Crippen MR) is 74.8 cm³/mol. The van der Waals surface area contributed by atoms with Crippen molar-refractivity contribution in [3.63, 3.8) is 0 Å². The minimum Gasteiger partial charge on any atom is -0.493 e. The number of ether oxygens (including phenoxy) is 3. The first kappa shape index (κ1) is 14.2. The molecule has 0 saturated carbocycles. The molecule has 4 nitrogen and oxygen atoms in total. The second-order valence-corrected chi connectivity index (χ2v) is 5.33. The molecular formula is C15H23NO3.